The monoisotopic (exact) mass is 204 g/mol. The molecule has 2 heterocycles. The molecule has 0 bridgehead atoms. The molecule has 1 aliphatic heterocycles. The number of β-amino-alcohol motifs (C(OH)–C–C–N with tert-alkyl or cyclic N) is 1. The van der Waals surface area contributed by atoms with Crippen LogP contribution >= 0.6 is 0 Å². The lowest BCUT2D eigenvalue weighted by molar-refractivity contribution is -0.135. The average Bonchev–Trinajstić information content (AvgIpc) is 2.23. The maximum absolute atomic E-state index is 11.5. The van der Waals surface area contributed by atoms with Crippen LogP contribution in [0.25, 0.3) is 6.08 Å². The number of aromatic nitrogens is 1. The lowest BCUT2D eigenvalue weighted by atomic mass is 10.1. The Morgan fingerprint density at radius 3 is 3.00 bits per heavy atom. The van der Waals surface area contributed by atoms with E-state index in [2.05, 4.69) is 4.98 Å². The number of hydrogen-bond acceptors (Lipinski definition) is 3. The van der Waals surface area contributed by atoms with Crippen LogP contribution in [0.4, 0.5) is 0 Å². The molecule has 78 valence electrons. The summed E-state index contributed by atoms with van der Waals surface area (Å²) in [6, 6.07) is 3.69. The molecule has 0 saturated carbocycles. The highest BCUT2D eigenvalue weighted by atomic mass is 16.3. The number of aliphatic hydroxyl groups is 1. The number of amides is 1. The Labute approximate surface area is 87.9 Å². The van der Waals surface area contributed by atoms with E-state index < -0.39 is 0 Å². The molecule has 0 spiro atoms. The van der Waals surface area contributed by atoms with Crippen molar-refractivity contribution in [2.75, 3.05) is 13.1 Å². The molecule has 1 amide bonds. The van der Waals surface area contributed by atoms with Crippen molar-refractivity contribution in [2.45, 2.75) is 6.10 Å². The first-order chi connectivity index (χ1) is 7.25. The van der Waals surface area contributed by atoms with E-state index in [0.717, 1.165) is 5.56 Å². The molecule has 15 heavy (non-hydrogen) atoms. The predicted molar refractivity (Wildman–Crippen MR) is 55.9 cm³/mol. The van der Waals surface area contributed by atoms with E-state index in [1.807, 2.05) is 12.1 Å². The molecule has 1 fully saturated rings. The molecule has 0 aliphatic carbocycles. The van der Waals surface area contributed by atoms with Crippen molar-refractivity contribution in [3.8, 4) is 0 Å². The van der Waals surface area contributed by atoms with Crippen LogP contribution in [0.1, 0.15) is 5.56 Å². The van der Waals surface area contributed by atoms with Crippen LogP contribution in [-0.4, -0.2) is 40.1 Å². The number of carbonyl (C=O) groups excluding carboxylic acids is 1. The van der Waals surface area contributed by atoms with Crippen LogP contribution < -0.4 is 0 Å². The minimum Gasteiger partial charge on any atom is -0.389 e. The van der Waals surface area contributed by atoms with Crippen LogP contribution in [0.5, 0.6) is 0 Å². The highest BCUT2D eigenvalue weighted by Crippen LogP contribution is 2.08. The fourth-order valence-corrected chi connectivity index (χ4v) is 1.38. The van der Waals surface area contributed by atoms with Gasteiger partial charge in [-0.25, -0.2) is 0 Å². The van der Waals surface area contributed by atoms with Gasteiger partial charge < -0.3 is 10.0 Å². The summed E-state index contributed by atoms with van der Waals surface area (Å²) in [6.07, 6.45) is 6.25. The van der Waals surface area contributed by atoms with E-state index in [0.29, 0.717) is 13.1 Å². The van der Waals surface area contributed by atoms with Gasteiger partial charge in [0.1, 0.15) is 0 Å². The molecular weight excluding hydrogens is 192 g/mol. The van der Waals surface area contributed by atoms with Gasteiger partial charge in [-0.2, -0.15) is 0 Å². The van der Waals surface area contributed by atoms with Gasteiger partial charge >= 0.3 is 0 Å². The van der Waals surface area contributed by atoms with Crippen LogP contribution in [-0.2, 0) is 4.79 Å². The number of likely N-dealkylation sites (tertiary alicyclic amines) is 1. The summed E-state index contributed by atoms with van der Waals surface area (Å²) in [7, 11) is 0. The van der Waals surface area contributed by atoms with Gasteiger partial charge in [0.05, 0.1) is 6.10 Å². The molecule has 2 rings (SSSR count). The van der Waals surface area contributed by atoms with Crippen molar-refractivity contribution >= 4 is 12.0 Å². The first kappa shape index (κ1) is 9.86. The Balaban J connectivity index is 1.92. The number of carbonyl (C=O) groups is 1. The van der Waals surface area contributed by atoms with E-state index in [9.17, 15) is 4.79 Å². The molecule has 1 saturated heterocycles. The molecule has 0 unspecified atom stereocenters. The number of pyridine rings is 1. The van der Waals surface area contributed by atoms with Gasteiger partial charge in [-0.15, -0.1) is 0 Å². The number of hydrogen-bond donors (Lipinski definition) is 1. The van der Waals surface area contributed by atoms with Crippen molar-refractivity contribution in [1.29, 1.82) is 0 Å². The summed E-state index contributed by atoms with van der Waals surface area (Å²) in [5.74, 6) is -0.0656. The zero-order valence-electron chi connectivity index (χ0n) is 8.21. The number of aliphatic hydroxyl groups excluding tert-OH is 1. The zero-order chi connectivity index (χ0) is 10.7. The summed E-state index contributed by atoms with van der Waals surface area (Å²) in [5, 5.41) is 9.02. The highest BCUT2D eigenvalue weighted by Gasteiger charge is 2.26. The van der Waals surface area contributed by atoms with E-state index >= 15 is 0 Å². The fraction of sp³-hybridized carbons (Fsp3) is 0.273. The quantitative estimate of drug-likeness (QED) is 0.705. The molecule has 0 radical (unpaired) electrons. The summed E-state index contributed by atoms with van der Waals surface area (Å²) >= 11 is 0. The minimum atomic E-state index is -0.347. The zero-order valence-corrected chi connectivity index (χ0v) is 8.21. The normalized spacial score (nSPS) is 16.7. The van der Waals surface area contributed by atoms with Crippen molar-refractivity contribution in [3.63, 3.8) is 0 Å². The van der Waals surface area contributed by atoms with Gasteiger partial charge in [-0.3, -0.25) is 9.78 Å². The number of rotatable bonds is 2. The third-order valence-corrected chi connectivity index (χ3v) is 2.28. The third-order valence-electron chi connectivity index (χ3n) is 2.28. The van der Waals surface area contributed by atoms with Crippen molar-refractivity contribution in [3.05, 3.63) is 36.2 Å². The van der Waals surface area contributed by atoms with Crippen LogP contribution in [0.15, 0.2) is 30.6 Å². The van der Waals surface area contributed by atoms with Gasteiger partial charge in [-0.05, 0) is 17.7 Å². The molecule has 1 aliphatic rings. The molecule has 1 aromatic rings. The van der Waals surface area contributed by atoms with Crippen LogP contribution in [0.2, 0.25) is 0 Å². The third kappa shape index (κ3) is 2.41. The molecular formula is C11H12N2O2. The highest BCUT2D eigenvalue weighted by molar-refractivity contribution is 5.92. The summed E-state index contributed by atoms with van der Waals surface area (Å²) in [5.41, 5.74) is 0.895. The number of nitrogens with zero attached hydrogens (tertiary/aromatic N) is 2. The smallest absolute Gasteiger partial charge is 0.246 e. The van der Waals surface area contributed by atoms with Crippen molar-refractivity contribution in [2.24, 2.45) is 0 Å². The van der Waals surface area contributed by atoms with Crippen LogP contribution in [0.3, 0.4) is 0 Å². The van der Waals surface area contributed by atoms with E-state index in [4.69, 9.17) is 5.11 Å². The Morgan fingerprint density at radius 1 is 1.60 bits per heavy atom. The Morgan fingerprint density at radius 2 is 2.40 bits per heavy atom. The Hall–Kier alpha value is -1.68. The summed E-state index contributed by atoms with van der Waals surface area (Å²) in [6.45, 7) is 0.881. The van der Waals surface area contributed by atoms with Crippen LogP contribution in [0, 0.1) is 0 Å². The molecule has 4 nitrogen and oxygen atoms in total. The Kier molecular flexibility index (Phi) is 2.78. The first-order valence-electron chi connectivity index (χ1n) is 4.81. The molecule has 0 atom stereocenters. The summed E-state index contributed by atoms with van der Waals surface area (Å²) in [4.78, 5) is 17.0. The SMILES string of the molecule is O=C(/C=C/c1cccnc1)N1CC(O)C1. The van der Waals surface area contributed by atoms with E-state index in [-0.39, 0.29) is 12.0 Å². The van der Waals surface area contributed by atoms with Gasteiger partial charge in [0.2, 0.25) is 5.91 Å². The van der Waals surface area contributed by atoms with Gasteiger partial charge in [0.15, 0.2) is 0 Å². The largest absolute Gasteiger partial charge is 0.389 e. The molecule has 1 aromatic heterocycles. The second kappa shape index (κ2) is 4.23. The second-order valence-corrected chi connectivity index (χ2v) is 3.52. The van der Waals surface area contributed by atoms with Gasteiger partial charge in [-0.1, -0.05) is 6.07 Å². The fourth-order valence-electron chi connectivity index (χ4n) is 1.38. The van der Waals surface area contributed by atoms with Gasteiger partial charge in [0.25, 0.3) is 0 Å². The first-order valence-corrected chi connectivity index (χ1v) is 4.81. The van der Waals surface area contributed by atoms with Gasteiger partial charge in [0, 0.05) is 31.6 Å². The molecule has 0 aromatic carbocycles. The van der Waals surface area contributed by atoms with E-state index in [1.54, 1.807) is 23.4 Å². The lowest BCUT2D eigenvalue weighted by Gasteiger charge is -2.34. The molecule has 4 heteroatoms. The molecule has 1 N–H and O–H groups in total. The predicted octanol–water partition coefficient (Wildman–Crippen LogP) is 0.298. The van der Waals surface area contributed by atoms with Crippen molar-refractivity contribution in [1.82, 2.24) is 9.88 Å². The second-order valence-electron chi connectivity index (χ2n) is 3.52. The standard InChI is InChI=1S/C11H12N2O2/c14-10-7-13(8-10)11(15)4-3-9-2-1-5-12-6-9/h1-6,10,14H,7-8H2/b4-3+. The maximum atomic E-state index is 11.5. The topological polar surface area (TPSA) is 53.4 Å². The average molecular weight is 204 g/mol. The summed E-state index contributed by atoms with van der Waals surface area (Å²) < 4.78 is 0. The lowest BCUT2D eigenvalue weighted by Crippen LogP contribution is -2.52. The maximum Gasteiger partial charge on any atom is 0.246 e. The van der Waals surface area contributed by atoms with E-state index in [1.165, 1.54) is 6.08 Å². The van der Waals surface area contributed by atoms with Crippen molar-refractivity contribution < 1.29 is 9.90 Å². The minimum absolute atomic E-state index is 0.0656. The Bertz CT molecular complexity index is 369.